The van der Waals surface area contributed by atoms with Gasteiger partial charge in [0.05, 0.1) is 5.54 Å². The fourth-order valence-electron chi connectivity index (χ4n) is 1.29. The van der Waals surface area contributed by atoms with Crippen LogP contribution >= 0.6 is 0 Å². The maximum Gasteiger partial charge on any atom is 0.449 e. The molecule has 0 spiro atoms. The van der Waals surface area contributed by atoms with Gasteiger partial charge in [0.1, 0.15) is 0 Å². The molecule has 0 aromatic heterocycles. The van der Waals surface area contributed by atoms with Crippen molar-refractivity contribution in [2.45, 2.75) is 38.0 Å². The van der Waals surface area contributed by atoms with Gasteiger partial charge in [-0.05, 0) is 26.1 Å². The van der Waals surface area contributed by atoms with Gasteiger partial charge < -0.3 is 16.5 Å². The van der Waals surface area contributed by atoms with Crippen molar-refractivity contribution < 1.29 is 22.0 Å². The number of nitrogens with two attached hydrogens (primary N) is 1. The fraction of sp³-hybridized carbons (Fsp3) is 0.500. The molecule has 0 saturated heterocycles. The first-order valence-corrected chi connectivity index (χ1v) is 5.79. The number of halogens is 5. The summed E-state index contributed by atoms with van der Waals surface area (Å²) in [4.78, 5) is 3.41. The largest absolute Gasteiger partial charge is 0.449 e. The number of aliphatic imine (C=N–C) groups is 1. The first-order valence-electron chi connectivity index (χ1n) is 5.79. The Hall–Kier alpha value is -1.77. The van der Waals surface area contributed by atoms with Crippen molar-refractivity contribution in [2.75, 3.05) is 0 Å². The Morgan fingerprint density at radius 1 is 1.38 bits per heavy atom. The molecule has 1 unspecified atom stereocenters. The third-order valence-corrected chi connectivity index (χ3v) is 2.66. The zero-order valence-corrected chi connectivity index (χ0v) is 11.5. The number of amidine groups is 1. The van der Waals surface area contributed by atoms with E-state index in [0.29, 0.717) is 6.21 Å². The van der Waals surface area contributed by atoms with Gasteiger partial charge in [0, 0.05) is 17.8 Å². The molecule has 0 radical (unpaired) electrons. The van der Waals surface area contributed by atoms with Gasteiger partial charge in [0.2, 0.25) is 5.84 Å². The highest BCUT2D eigenvalue weighted by atomic mass is 19.4. The zero-order valence-electron chi connectivity index (χ0n) is 11.5. The van der Waals surface area contributed by atoms with Gasteiger partial charge >= 0.3 is 6.18 Å². The lowest BCUT2D eigenvalue weighted by molar-refractivity contribution is -0.0618. The second-order valence-corrected chi connectivity index (χ2v) is 4.41. The molecule has 2 atom stereocenters. The molecule has 0 aromatic carbocycles. The van der Waals surface area contributed by atoms with E-state index >= 15 is 0 Å². The van der Waals surface area contributed by atoms with Crippen LogP contribution in [-0.2, 0) is 0 Å². The van der Waals surface area contributed by atoms with E-state index in [4.69, 9.17) is 11.1 Å². The van der Waals surface area contributed by atoms with Crippen molar-refractivity contribution in [3.05, 3.63) is 24.4 Å². The van der Waals surface area contributed by atoms with Crippen molar-refractivity contribution in [2.24, 2.45) is 10.7 Å². The lowest BCUT2D eigenvalue weighted by Crippen LogP contribution is -2.45. The van der Waals surface area contributed by atoms with Crippen LogP contribution in [0.2, 0.25) is 0 Å². The second kappa shape index (κ2) is 7.30. The Labute approximate surface area is 119 Å². The van der Waals surface area contributed by atoms with E-state index in [9.17, 15) is 22.0 Å². The summed E-state index contributed by atoms with van der Waals surface area (Å²) in [6.45, 7) is 5.59. The normalized spacial score (nSPS) is 18.1. The molecule has 0 aromatic rings. The minimum atomic E-state index is -4.83. The first kappa shape index (κ1) is 19.2. The number of nitrogens with one attached hydrogen (secondary N) is 2. The molecule has 0 rings (SSSR count). The molecule has 0 amide bonds. The SMILES string of the molecule is C=CNC(=NC(C)(/C=C(\C=N)C(F)F)[C@@H](C)N)C(F)(F)F. The van der Waals surface area contributed by atoms with Gasteiger partial charge in [-0.25, -0.2) is 8.78 Å². The molecule has 0 saturated carbocycles. The van der Waals surface area contributed by atoms with Crippen LogP contribution in [0.3, 0.4) is 0 Å². The highest BCUT2D eigenvalue weighted by molar-refractivity contribution is 5.89. The molecular formula is C12H17F5N4. The van der Waals surface area contributed by atoms with Crippen LogP contribution in [0.15, 0.2) is 29.4 Å². The van der Waals surface area contributed by atoms with Gasteiger partial charge in [-0.2, -0.15) is 13.2 Å². The molecule has 0 aliphatic carbocycles. The summed E-state index contributed by atoms with van der Waals surface area (Å²) in [6.07, 6.45) is -5.96. The van der Waals surface area contributed by atoms with Crippen molar-refractivity contribution in [3.63, 3.8) is 0 Å². The summed E-state index contributed by atoms with van der Waals surface area (Å²) in [5, 5.41) is 8.69. The van der Waals surface area contributed by atoms with E-state index in [0.717, 1.165) is 12.3 Å². The molecule has 0 aliphatic heterocycles. The van der Waals surface area contributed by atoms with Crippen LogP contribution in [-0.4, -0.2) is 36.2 Å². The van der Waals surface area contributed by atoms with E-state index in [2.05, 4.69) is 11.6 Å². The predicted octanol–water partition coefficient (Wildman–Crippen LogP) is 2.63. The molecule has 0 bridgehead atoms. The minimum Gasteiger partial charge on any atom is -0.343 e. The van der Waals surface area contributed by atoms with Gasteiger partial charge in [-0.3, -0.25) is 4.99 Å². The minimum absolute atomic E-state index is 0.356. The van der Waals surface area contributed by atoms with Gasteiger partial charge in [-0.1, -0.05) is 6.58 Å². The van der Waals surface area contributed by atoms with Crippen molar-refractivity contribution in [1.29, 1.82) is 5.41 Å². The topological polar surface area (TPSA) is 74.3 Å². The van der Waals surface area contributed by atoms with E-state index in [-0.39, 0.29) is 0 Å². The lowest BCUT2D eigenvalue weighted by atomic mass is 9.92. The van der Waals surface area contributed by atoms with Crippen LogP contribution in [0.5, 0.6) is 0 Å². The number of rotatable bonds is 6. The van der Waals surface area contributed by atoms with Crippen LogP contribution in [0, 0.1) is 5.41 Å². The number of hydrogen-bond acceptors (Lipinski definition) is 3. The Morgan fingerprint density at radius 2 is 1.90 bits per heavy atom. The smallest absolute Gasteiger partial charge is 0.343 e. The summed E-state index contributed by atoms with van der Waals surface area (Å²) in [7, 11) is 0. The molecule has 4 N–H and O–H groups in total. The van der Waals surface area contributed by atoms with Crippen molar-refractivity contribution in [3.8, 4) is 0 Å². The van der Waals surface area contributed by atoms with Crippen molar-refractivity contribution >= 4 is 12.1 Å². The van der Waals surface area contributed by atoms with Crippen LogP contribution in [0.1, 0.15) is 13.8 Å². The predicted molar refractivity (Wildman–Crippen MR) is 71.7 cm³/mol. The first-order chi connectivity index (χ1) is 9.47. The molecule has 0 heterocycles. The highest BCUT2D eigenvalue weighted by Gasteiger charge is 2.39. The quantitative estimate of drug-likeness (QED) is 0.401. The summed E-state index contributed by atoms with van der Waals surface area (Å²) in [5.41, 5.74) is 3.03. The zero-order chi connectivity index (χ0) is 16.8. The molecule has 120 valence electrons. The van der Waals surface area contributed by atoms with Crippen LogP contribution in [0.25, 0.3) is 0 Å². The van der Waals surface area contributed by atoms with E-state index in [1.165, 1.54) is 13.8 Å². The summed E-state index contributed by atoms with van der Waals surface area (Å²) >= 11 is 0. The molecule has 0 fully saturated rings. The van der Waals surface area contributed by atoms with Crippen LogP contribution in [0.4, 0.5) is 22.0 Å². The number of hydrogen-bond donors (Lipinski definition) is 3. The molecule has 9 heteroatoms. The number of nitrogens with zero attached hydrogens (tertiary/aromatic N) is 1. The average molecular weight is 312 g/mol. The standard InChI is InChI=1S/C12H17F5N4/c1-4-20-10(12(15,16)17)21-11(3,7(2)19)5-8(6-18)9(13)14/h4-7,9,18H,1,19H2,2-3H3,(H,20,21)/b8-5+,18-6?/t7-,11?/m1/s1. The molecular weight excluding hydrogens is 295 g/mol. The van der Waals surface area contributed by atoms with Gasteiger partial charge in [0.15, 0.2) is 0 Å². The highest BCUT2D eigenvalue weighted by Crippen LogP contribution is 2.25. The van der Waals surface area contributed by atoms with E-state index in [1.54, 1.807) is 0 Å². The summed E-state index contributed by atoms with van der Waals surface area (Å²) < 4.78 is 63.6. The van der Waals surface area contributed by atoms with E-state index < -0.39 is 35.6 Å². The molecule has 0 aliphatic rings. The maximum absolute atomic E-state index is 12.8. The van der Waals surface area contributed by atoms with Gasteiger partial charge in [-0.15, -0.1) is 0 Å². The fourth-order valence-corrected chi connectivity index (χ4v) is 1.29. The summed E-state index contributed by atoms with van der Waals surface area (Å²) in [6, 6.07) is -1.00. The Balaban J connectivity index is 5.97. The third-order valence-electron chi connectivity index (χ3n) is 2.66. The lowest BCUT2D eigenvalue weighted by Gasteiger charge is -2.28. The van der Waals surface area contributed by atoms with E-state index in [1.807, 2.05) is 5.32 Å². The summed E-state index contributed by atoms with van der Waals surface area (Å²) in [5.74, 6) is -1.41. The Kier molecular flexibility index (Phi) is 6.68. The monoisotopic (exact) mass is 312 g/mol. The third kappa shape index (κ3) is 5.62. The average Bonchev–Trinajstić information content (AvgIpc) is 2.33. The number of allylic oxidation sites excluding steroid dienone is 1. The van der Waals surface area contributed by atoms with Gasteiger partial charge in [0.25, 0.3) is 6.43 Å². The molecule has 4 nitrogen and oxygen atoms in total. The Bertz CT molecular complexity index is 439. The van der Waals surface area contributed by atoms with Crippen molar-refractivity contribution in [1.82, 2.24) is 5.32 Å². The molecule has 21 heavy (non-hydrogen) atoms. The van der Waals surface area contributed by atoms with Crippen LogP contribution < -0.4 is 11.1 Å². The number of alkyl halides is 5. The maximum atomic E-state index is 12.8. The Morgan fingerprint density at radius 3 is 2.19 bits per heavy atom. The second-order valence-electron chi connectivity index (χ2n) is 4.41.